The first-order chi connectivity index (χ1) is 9.75. The van der Waals surface area contributed by atoms with Crippen LogP contribution in [0.25, 0.3) is 10.8 Å². The highest BCUT2D eigenvalue weighted by molar-refractivity contribution is 6.03. The Labute approximate surface area is 116 Å². The lowest BCUT2D eigenvalue weighted by molar-refractivity contribution is 0.0125. The van der Waals surface area contributed by atoms with E-state index in [9.17, 15) is 9.90 Å². The van der Waals surface area contributed by atoms with Gasteiger partial charge in [0.2, 0.25) is 0 Å². The molecule has 0 saturated carbocycles. The Bertz CT molecular complexity index is 636. The van der Waals surface area contributed by atoms with Crippen molar-refractivity contribution < 1.29 is 14.6 Å². The van der Waals surface area contributed by atoms with Gasteiger partial charge in [-0.15, -0.1) is 0 Å². The number of aromatic hydroxyl groups is 1. The number of benzene rings is 2. The molecule has 0 atom stereocenters. The number of nitrogens with one attached hydrogen (secondary N) is 1. The van der Waals surface area contributed by atoms with Gasteiger partial charge in [-0.25, -0.2) is 5.01 Å². The highest BCUT2D eigenvalue weighted by atomic mass is 16.5. The molecule has 2 aromatic carbocycles. The molecule has 0 radical (unpaired) electrons. The number of carbonyl (C=O) groups excluding carboxylic acids is 1. The van der Waals surface area contributed by atoms with E-state index in [-0.39, 0.29) is 17.2 Å². The third kappa shape index (κ3) is 2.45. The molecule has 104 valence electrons. The molecule has 3 rings (SSSR count). The summed E-state index contributed by atoms with van der Waals surface area (Å²) in [7, 11) is 0. The Hall–Kier alpha value is -2.11. The lowest BCUT2D eigenvalue weighted by Crippen LogP contribution is -2.48. The number of phenols is 1. The zero-order valence-electron chi connectivity index (χ0n) is 11.0. The predicted octanol–water partition coefficient (Wildman–Crippen LogP) is 1.52. The fourth-order valence-corrected chi connectivity index (χ4v) is 2.32. The number of hydrogen-bond donors (Lipinski definition) is 2. The van der Waals surface area contributed by atoms with Gasteiger partial charge in [0.15, 0.2) is 0 Å². The molecule has 2 N–H and O–H groups in total. The second-order valence-corrected chi connectivity index (χ2v) is 4.72. The average Bonchev–Trinajstić information content (AvgIpc) is 2.49. The van der Waals surface area contributed by atoms with Crippen LogP contribution in [0.5, 0.6) is 5.75 Å². The number of amides is 1. The van der Waals surface area contributed by atoms with Crippen LogP contribution < -0.4 is 5.43 Å². The Morgan fingerprint density at radius 1 is 1.15 bits per heavy atom. The molecular formula is C15H16N2O3. The van der Waals surface area contributed by atoms with Crippen LogP contribution in [0.15, 0.2) is 36.4 Å². The van der Waals surface area contributed by atoms with Gasteiger partial charge in [-0.1, -0.05) is 30.3 Å². The van der Waals surface area contributed by atoms with Gasteiger partial charge in [0.05, 0.1) is 18.8 Å². The number of hydrazine groups is 1. The first-order valence-electron chi connectivity index (χ1n) is 6.60. The summed E-state index contributed by atoms with van der Waals surface area (Å²) in [5, 5.41) is 13.6. The maximum Gasteiger partial charge on any atom is 0.269 e. The van der Waals surface area contributed by atoms with Crippen LogP contribution in [0.4, 0.5) is 0 Å². The number of morpholine rings is 1. The highest BCUT2D eigenvalue weighted by Gasteiger charge is 2.17. The lowest BCUT2D eigenvalue weighted by Gasteiger charge is -2.27. The maximum atomic E-state index is 12.2. The molecule has 20 heavy (non-hydrogen) atoms. The van der Waals surface area contributed by atoms with Crippen molar-refractivity contribution in [2.45, 2.75) is 0 Å². The summed E-state index contributed by atoms with van der Waals surface area (Å²) >= 11 is 0. The van der Waals surface area contributed by atoms with Crippen LogP contribution in [0.1, 0.15) is 10.4 Å². The molecule has 1 aliphatic rings. The SMILES string of the molecule is O=C(NN1CCOCC1)c1ccc2ccccc2c1O. The van der Waals surface area contributed by atoms with Crippen LogP contribution in [-0.4, -0.2) is 42.3 Å². The number of ether oxygens (including phenoxy) is 1. The van der Waals surface area contributed by atoms with Crippen molar-refractivity contribution in [3.05, 3.63) is 42.0 Å². The number of rotatable bonds is 2. The smallest absolute Gasteiger partial charge is 0.269 e. The molecule has 5 nitrogen and oxygen atoms in total. The molecule has 0 aliphatic carbocycles. The molecule has 0 unspecified atom stereocenters. The van der Waals surface area contributed by atoms with E-state index in [4.69, 9.17) is 4.74 Å². The van der Waals surface area contributed by atoms with Gasteiger partial charge in [0, 0.05) is 18.5 Å². The molecule has 1 heterocycles. The molecule has 5 heteroatoms. The molecule has 1 aliphatic heterocycles. The fraction of sp³-hybridized carbons (Fsp3) is 0.267. The van der Waals surface area contributed by atoms with Gasteiger partial charge in [-0.05, 0) is 11.5 Å². The lowest BCUT2D eigenvalue weighted by atomic mass is 10.1. The zero-order chi connectivity index (χ0) is 13.9. The van der Waals surface area contributed by atoms with E-state index < -0.39 is 0 Å². The van der Waals surface area contributed by atoms with Gasteiger partial charge in [0.1, 0.15) is 5.75 Å². The van der Waals surface area contributed by atoms with Crippen molar-refractivity contribution in [3.8, 4) is 5.75 Å². The molecule has 0 aromatic heterocycles. The van der Waals surface area contributed by atoms with Crippen molar-refractivity contribution in [1.82, 2.24) is 10.4 Å². The summed E-state index contributed by atoms with van der Waals surface area (Å²) in [6.45, 7) is 2.51. The van der Waals surface area contributed by atoms with E-state index in [0.717, 1.165) is 5.39 Å². The van der Waals surface area contributed by atoms with Crippen molar-refractivity contribution >= 4 is 16.7 Å². The Morgan fingerprint density at radius 2 is 1.90 bits per heavy atom. The third-order valence-electron chi connectivity index (χ3n) is 3.42. The number of carbonyl (C=O) groups is 1. The maximum absolute atomic E-state index is 12.2. The van der Waals surface area contributed by atoms with Gasteiger partial charge < -0.3 is 9.84 Å². The van der Waals surface area contributed by atoms with Gasteiger partial charge in [-0.3, -0.25) is 10.2 Å². The van der Waals surface area contributed by atoms with Gasteiger partial charge in [-0.2, -0.15) is 0 Å². The number of hydrogen-bond acceptors (Lipinski definition) is 4. The van der Waals surface area contributed by atoms with Crippen molar-refractivity contribution in [3.63, 3.8) is 0 Å². The molecule has 1 saturated heterocycles. The number of fused-ring (bicyclic) bond motifs is 1. The summed E-state index contributed by atoms with van der Waals surface area (Å²) in [6.07, 6.45) is 0. The molecule has 0 spiro atoms. The van der Waals surface area contributed by atoms with E-state index in [1.54, 1.807) is 17.1 Å². The second-order valence-electron chi connectivity index (χ2n) is 4.72. The van der Waals surface area contributed by atoms with Crippen LogP contribution in [0, 0.1) is 0 Å². The molecule has 2 aromatic rings. The van der Waals surface area contributed by atoms with Gasteiger partial charge >= 0.3 is 0 Å². The molecular weight excluding hydrogens is 256 g/mol. The monoisotopic (exact) mass is 272 g/mol. The van der Waals surface area contributed by atoms with Crippen molar-refractivity contribution in [2.75, 3.05) is 26.3 Å². The number of nitrogens with zero attached hydrogens (tertiary/aromatic N) is 1. The van der Waals surface area contributed by atoms with Crippen molar-refractivity contribution in [1.29, 1.82) is 0 Å². The van der Waals surface area contributed by atoms with E-state index in [1.165, 1.54) is 0 Å². The van der Waals surface area contributed by atoms with Crippen LogP contribution in [0.3, 0.4) is 0 Å². The van der Waals surface area contributed by atoms with E-state index in [0.29, 0.717) is 31.7 Å². The first-order valence-corrected chi connectivity index (χ1v) is 6.60. The Morgan fingerprint density at radius 3 is 2.70 bits per heavy atom. The summed E-state index contributed by atoms with van der Waals surface area (Å²) in [5.41, 5.74) is 3.08. The van der Waals surface area contributed by atoms with Crippen LogP contribution in [-0.2, 0) is 4.74 Å². The third-order valence-corrected chi connectivity index (χ3v) is 3.42. The van der Waals surface area contributed by atoms with Gasteiger partial charge in [0.25, 0.3) is 5.91 Å². The minimum absolute atomic E-state index is 0.0221. The molecule has 0 bridgehead atoms. The van der Waals surface area contributed by atoms with E-state index in [1.807, 2.05) is 24.3 Å². The van der Waals surface area contributed by atoms with Crippen molar-refractivity contribution in [2.24, 2.45) is 0 Å². The molecule has 1 fully saturated rings. The fourth-order valence-electron chi connectivity index (χ4n) is 2.32. The standard InChI is InChI=1S/C15H16N2O3/c18-14-12-4-2-1-3-11(12)5-6-13(14)15(19)16-17-7-9-20-10-8-17/h1-6,18H,7-10H2,(H,16,19). The largest absolute Gasteiger partial charge is 0.506 e. The van der Waals surface area contributed by atoms with Crippen LogP contribution in [0.2, 0.25) is 0 Å². The Kier molecular flexibility index (Phi) is 3.54. The van der Waals surface area contributed by atoms with E-state index >= 15 is 0 Å². The van der Waals surface area contributed by atoms with E-state index in [2.05, 4.69) is 5.43 Å². The minimum Gasteiger partial charge on any atom is -0.506 e. The second kappa shape index (κ2) is 5.48. The summed E-state index contributed by atoms with van der Waals surface area (Å²) in [6, 6.07) is 10.9. The zero-order valence-corrected chi connectivity index (χ0v) is 11.0. The predicted molar refractivity (Wildman–Crippen MR) is 75.5 cm³/mol. The molecule has 1 amide bonds. The summed E-state index contributed by atoms with van der Waals surface area (Å²) in [5.74, 6) is -0.274. The summed E-state index contributed by atoms with van der Waals surface area (Å²) in [4.78, 5) is 12.2. The normalized spacial score (nSPS) is 16.2. The highest BCUT2D eigenvalue weighted by Crippen LogP contribution is 2.28. The Balaban J connectivity index is 1.85. The topological polar surface area (TPSA) is 61.8 Å². The van der Waals surface area contributed by atoms with Crippen LogP contribution >= 0.6 is 0 Å². The average molecular weight is 272 g/mol. The number of phenolic OH excluding ortho intramolecular Hbond substituents is 1. The quantitative estimate of drug-likeness (QED) is 0.870. The minimum atomic E-state index is -0.296. The summed E-state index contributed by atoms with van der Waals surface area (Å²) < 4.78 is 5.23. The first kappa shape index (κ1) is 12.9.